The van der Waals surface area contributed by atoms with Gasteiger partial charge in [0.2, 0.25) is 0 Å². The Kier molecular flexibility index (Phi) is 6.72. The molecule has 126 valence electrons. The maximum Gasteiger partial charge on any atom is 0.169 e. The first kappa shape index (κ1) is 17.4. The van der Waals surface area contributed by atoms with E-state index in [-0.39, 0.29) is 0 Å². The molecule has 1 aromatic heterocycles. The highest BCUT2D eigenvalue weighted by atomic mass is 16.5. The van der Waals surface area contributed by atoms with Gasteiger partial charge in [-0.05, 0) is 24.6 Å². The molecule has 0 amide bonds. The molecule has 6 nitrogen and oxygen atoms in total. The van der Waals surface area contributed by atoms with Crippen LogP contribution in [0, 0.1) is 11.3 Å². The summed E-state index contributed by atoms with van der Waals surface area (Å²) < 4.78 is 16.4. The van der Waals surface area contributed by atoms with Gasteiger partial charge in [0.05, 0.1) is 26.9 Å². The number of nitrogens with zero attached hydrogens (tertiary/aromatic N) is 2. The first-order valence-corrected chi connectivity index (χ1v) is 7.68. The Morgan fingerprint density at radius 3 is 2.71 bits per heavy atom. The average Bonchev–Trinajstić information content (AvgIpc) is 2.63. The highest BCUT2D eigenvalue weighted by Gasteiger charge is 2.11. The highest BCUT2D eigenvalue weighted by Crippen LogP contribution is 2.31. The number of nitrogens with one attached hydrogen (secondary N) is 1. The first-order valence-electron chi connectivity index (χ1n) is 7.68. The lowest BCUT2D eigenvalue weighted by molar-refractivity contribution is 0.313. The number of rotatable bonds is 9. The molecular formula is C18H21N3O3. The van der Waals surface area contributed by atoms with Gasteiger partial charge in [-0.15, -0.1) is 0 Å². The second kappa shape index (κ2) is 9.26. The Bertz CT molecular complexity index is 698. The van der Waals surface area contributed by atoms with E-state index in [4.69, 9.17) is 19.5 Å². The van der Waals surface area contributed by atoms with Gasteiger partial charge in [0.25, 0.3) is 0 Å². The van der Waals surface area contributed by atoms with E-state index in [9.17, 15) is 0 Å². The third-order valence-corrected chi connectivity index (χ3v) is 3.39. The third kappa shape index (κ3) is 4.53. The lowest BCUT2D eigenvalue weighted by Gasteiger charge is -2.15. The van der Waals surface area contributed by atoms with Crippen LogP contribution in [0.5, 0.6) is 17.2 Å². The van der Waals surface area contributed by atoms with Crippen molar-refractivity contribution in [3.63, 3.8) is 0 Å². The van der Waals surface area contributed by atoms with E-state index < -0.39 is 0 Å². The van der Waals surface area contributed by atoms with Gasteiger partial charge in [-0.3, -0.25) is 0 Å². The highest BCUT2D eigenvalue weighted by molar-refractivity contribution is 5.52. The lowest BCUT2D eigenvalue weighted by Crippen LogP contribution is -2.07. The lowest BCUT2D eigenvalue weighted by atomic mass is 10.2. The zero-order valence-electron chi connectivity index (χ0n) is 13.9. The minimum Gasteiger partial charge on any atom is -0.493 e. The van der Waals surface area contributed by atoms with Crippen LogP contribution in [-0.4, -0.2) is 25.8 Å². The molecule has 0 bridgehead atoms. The molecule has 0 aliphatic rings. The molecule has 6 heteroatoms. The van der Waals surface area contributed by atoms with Crippen LogP contribution in [0.1, 0.15) is 18.4 Å². The summed E-state index contributed by atoms with van der Waals surface area (Å²) in [5.74, 6) is 2.70. The largest absolute Gasteiger partial charge is 0.493 e. The van der Waals surface area contributed by atoms with Crippen LogP contribution in [0.15, 0.2) is 36.5 Å². The number of unbranched alkanes of at least 4 members (excludes halogenated alkanes) is 1. The fraction of sp³-hybridized carbons (Fsp3) is 0.333. The molecule has 1 aromatic carbocycles. The summed E-state index contributed by atoms with van der Waals surface area (Å²) >= 11 is 0. The van der Waals surface area contributed by atoms with Gasteiger partial charge >= 0.3 is 0 Å². The Morgan fingerprint density at radius 2 is 1.96 bits per heavy atom. The molecule has 0 saturated heterocycles. The Labute approximate surface area is 142 Å². The number of hydrogen-bond donors (Lipinski definition) is 1. The number of nitriles is 1. The molecule has 1 N–H and O–H groups in total. The third-order valence-electron chi connectivity index (χ3n) is 3.39. The SMILES string of the molecule is COc1cccc(CNc2ncccc2OCCCC#N)c1OC. The van der Waals surface area contributed by atoms with Crippen LogP contribution >= 0.6 is 0 Å². The van der Waals surface area contributed by atoms with Gasteiger partial charge in [-0.1, -0.05) is 12.1 Å². The van der Waals surface area contributed by atoms with E-state index in [0.29, 0.717) is 49.1 Å². The van der Waals surface area contributed by atoms with Gasteiger partial charge in [0.1, 0.15) is 0 Å². The molecular weight excluding hydrogens is 306 g/mol. The first-order chi connectivity index (χ1) is 11.8. The number of hydrogen-bond acceptors (Lipinski definition) is 6. The Balaban J connectivity index is 2.06. The summed E-state index contributed by atoms with van der Waals surface area (Å²) in [6, 6.07) is 11.5. The second-order valence-corrected chi connectivity index (χ2v) is 4.97. The minimum absolute atomic E-state index is 0.476. The van der Waals surface area contributed by atoms with Gasteiger partial charge in [0, 0.05) is 24.7 Å². The fourth-order valence-corrected chi connectivity index (χ4v) is 2.24. The summed E-state index contributed by atoms with van der Waals surface area (Å²) in [6.45, 7) is 1.00. The van der Waals surface area contributed by atoms with Crippen molar-refractivity contribution in [1.82, 2.24) is 4.98 Å². The average molecular weight is 327 g/mol. The van der Waals surface area contributed by atoms with Crippen molar-refractivity contribution in [1.29, 1.82) is 5.26 Å². The zero-order chi connectivity index (χ0) is 17.2. The topological polar surface area (TPSA) is 76.4 Å². The van der Waals surface area contributed by atoms with E-state index >= 15 is 0 Å². The number of methoxy groups -OCH3 is 2. The monoisotopic (exact) mass is 327 g/mol. The van der Waals surface area contributed by atoms with Crippen LogP contribution in [0.25, 0.3) is 0 Å². The van der Waals surface area contributed by atoms with Crippen molar-refractivity contribution in [3.8, 4) is 23.3 Å². The van der Waals surface area contributed by atoms with Crippen LogP contribution in [0.3, 0.4) is 0 Å². The van der Waals surface area contributed by atoms with E-state index in [1.54, 1.807) is 20.4 Å². The van der Waals surface area contributed by atoms with Gasteiger partial charge in [-0.2, -0.15) is 5.26 Å². The summed E-state index contributed by atoms with van der Waals surface area (Å²) in [7, 11) is 3.23. The summed E-state index contributed by atoms with van der Waals surface area (Å²) in [4.78, 5) is 4.32. The minimum atomic E-state index is 0.476. The van der Waals surface area contributed by atoms with Crippen LogP contribution in [0.2, 0.25) is 0 Å². The predicted octanol–water partition coefficient (Wildman–Crippen LogP) is 3.39. The summed E-state index contributed by atoms with van der Waals surface area (Å²) in [5, 5.41) is 11.8. The molecule has 24 heavy (non-hydrogen) atoms. The molecule has 1 heterocycles. The Morgan fingerprint density at radius 1 is 1.12 bits per heavy atom. The summed E-state index contributed by atoms with van der Waals surface area (Å²) in [6.07, 6.45) is 2.87. The van der Waals surface area contributed by atoms with Crippen LogP contribution in [-0.2, 0) is 6.54 Å². The van der Waals surface area contributed by atoms with Crippen LogP contribution in [0.4, 0.5) is 5.82 Å². The number of para-hydroxylation sites is 1. The molecule has 0 aliphatic carbocycles. The molecule has 0 saturated carbocycles. The number of ether oxygens (including phenoxy) is 3. The van der Waals surface area contributed by atoms with Crippen molar-refractivity contribution >= 4 is 5.82 Å². The van der Waals surface area contributed by atoms with Gasteiger partial charge < -0.3 is 19.5 Å². The zero-order valence-corrected chi connectivity index (χ0v) is 13.9. The molecule has 0 atom stereocenters. The van der Waals surface area contributed by atoms with E-state index in [2.05, 4.69) is 16.4 Å². The van der Waals surface area contributed by atoms with E-state index in [1.165, 1.54) is 0 Å². The maximum absolute atomic E-state index is 8.57. The smallest absolute Gasteiger partial charge is 0.169 e. The molecule has 0 spiro atoms. The van der Waals surface area contributed by atoms with E-state index in [0.717, 1.165) is 5.56 Å². The molecule has 0 radical (unpaired) electrons. The number of pyridine rings is 1. The molecule has 2 aromatic rings. The number of benzene rings is 1. The molecule has 0 aliphatic heterocycles. The summed E-state index contributed by atoms with van der Waals surface area (Å²) in [5.41, 5.74) is 0.956. The second-order valence-electron chi connectivity index (χ2n) is 4.97. The van der Waals surface area contributed by atoms with Crippen LogP contribution < -0.4 is 19.5 Å². The molecule has 0 unspecified atom stereocenters. The van der Waals surface area contributed by atoms with E-state index in [1.807, 2.05) is 30.3 Å². The normalized spacial score (nSPS) is 9.88. The quantitative estimate of drug-likeness (QED) is 0.711. The van der Waals surface area contributed by atoms with Crippen molar-refractivity contribution in [2.75, 3.05) is 26.1 Å². The van der Waals surface area contributed by atoms with Gasteiger partial charge in [-0.25, -0.2) is 4.98 Å². The molecule has 0 fully saturated rings. The fourth-order valence-electron chi connectivity index (χ4n) is 2.24. The number of aromatic nitrogens is 1. The number of anilines is 1. The van der Waals surface area contributed by atoms with Crippen molar-refractivity contribution in [3.05, 3.63) is 42.1 Å². The maximum atomic E-state index is 8.57. The van der Waals surface area contributed by atoms with Gasteiger partial charge in [0.15, 0.2) is 23.1 Å². The van der Waals surface area contributed by atoms with Crippen molar-refractivity contribution < 1.29 is 14.2 Å². The Hall–Kier alpha value is -2.94. The predicted molar refractivity (Wildman–Crippen MR) is 91.5 cm³/mol. The van der Waals surface area contributed by atoms with Crippen molar-refractivity contribution in [2.45, 2.75) is 19.4 Å². The van der Waals surface area contributed by atoms with Crippen molar-refractivity contribution in [2.24, 2.45) is 0 Å². The molecule has 2 rings (SSSR count). The standard InChI is InChI=1S/C18H21N3O3/c1-22-15-8-5-7-14(17(15)23-2)13-21-18-16(9-6-11-20-18)24-12-4-3-10-19/h5-9,11H,3-4,12-13H2,1-2H3,(H,20,21).